The number of ether oxygens (including phenoxy) is 1. The second-order valence-corrected chi connectivity index (χ2v) is 4.84. The predicted octanol–water partition coefficient (Wildman–Crippen LogP) is 2.44. The van der Waals surface area contributed by atoms with Gasteiger partial charge in [-0.05, 0) is 31.4 Å². The van der Waals surface area contributed by atoms with E-state index < -0.39 is 0 Å². The smallest absolute Gasteiger partial charge is 0.168 e. The lowest BCUT2D eigenvalue weighted by Gasteiger charge is -2.17. The minimum Gasteiger partial charge on any atom is -0.490 e. The van der Waals surface area contributed by atoms with Crippen LogP contribution in [0.2, 0.25) is 0 Å². The highest BCUT2D eigenvalue weighted by Crippen LogP contribution is 2.27. The van der Waals surface area contributed by atoms with Crippen LogP contribution in [-0.2, 0) is 0 Å². The highest BCUT2D eigenvalue weighted by molar-refractivity contribution is 5.49. The standard InChI is InChI=1S/C14H22N2O2/c1-2-9-18-13-7-4-8-15-14(13)16-10-11-5-3-6-12(11)17/h4,7-8,11-12,17H,2-3,5-6,9-10H2,1H3,(H,15,16). The number of aliphatic hydroxyl groups excluding tert-OH is 1. The molecule has 1 aliphatic rings. The van der Waals surface area contributed by atoms with Crippen LogP contribution in [0.4, 0.5) is 5.82 Å². The molecule has 0 spiro atoms. The van der Waals surface area contributed by atoms with Crippen LogP contribution >= 0.6 is 0 Å². The number of anilines is 1. The molecule has 4 heteroatoms. The Hall–Kier alpha value is -1.29. The Labute approximate surface area is 108 Å². The van der Waals surface area contributed by atoms with Crippen LogP contribution in [-0.4, -0.2) is 29.3 Å². The number of pyridine rings is 1. The molecule has 1 fully saturated rings. The number of aliphatic hydroxyl groups is 1. The molecule has 2 rings (SSSR count). The Morgan fingerprint density at radius 1 is 1.50 bits per heavy atom. The molecule has 4 nitrogen and oxygen atoms in total. The number of nitrogens with one attached hydrogen (secondary N) is 1. The van der Waals surface area contributed by atoms with E-state index in [1.165, 1.54) is 0 Å². The largest absolute Gasteiger partial charge is 0.490 e. The van der Waals surface area contributed by atoms with Gasteiger partial charge in [-0.3, -0.25) is 0 Å². The van der Waals surface area contributed by atoms with E-state index in [2.05, 4.69) is 17.2 Å². The topological polar surface area (TPSA) is 54.4 Å². The van der Waals surface area contributed by atoms with E-state index >= 15 is 0 Å². The molecule has 1 saturated carbocycles. The van der Waals surface area contributed by atoms with Gasteiger partial charge in [-0.2, -0.15) is 0 Å². The number of aromatic nitrogens is 1. The number of rotatable bonds is 6. The van der Waals surface area contributed by atoms with Crippen LogP contribution in [0, 0.1) is 5.92 Å². The van der Waals surface area contributed by atoms with Crippen LogP contribution in [0.1, 0.15) is 32.6 Å². The zero-order valence-electron chi connectivity index (χ0n) is 10.9. The van der Waals surface area contributed by atoms with E-state index in [4.69, 9.17) is 4.74 Å². The second-order valence-electron chi connectivity index (χ2n) is 4.84. The summed E-state index contributed by atoms with van der Waals surface area (Å²) in [6.45, 7) is 3.55. The molecule has 0 bridgehead atoms. The van der Waals surface area contributed by atoms with Gasteiger partial charge in [0.2, 0.25) is 0 Å². The summed E-state index contributed by atoms with van der Waals surface area (Å²) >= 11 is 0. The molecule has 0 saturated heterocycles. The second kappa shape index (κ2) is 6.59. The van der Waals surface area contributed by atoms with Crippen molar-refractivity contribution in [1.82, 2.24) is 4.98 Å². The quantitative estimate of drug-likeness (QED) is 0.814. The van der Waals surface area contributed by atoms with Crippen molar-refractivity contribution in [3.63, 3.8) is 0 Å². The third-order valence-electron chi connectivity index (χ3n) is 3.38. The summed E-state index contributed by atoms with van der Waals surface area (Å²) in [7, 11) is 0. The van der Waals surface area contributed by atoms with Gasteiger partial charge in [0, 0.05) is 18.7 Å². The fraction of sp³-hybridized carbons (Fsp3) is 0.643. The average molecular weight is 250 g/mol. The van der Waals surface area contributed by atoms with Crippen molar-refractivity contribution in [2.24, 2.45) is 5.92 Å². The maximum absolute atomic E-state index is 9.79. The zero-order chi connectivity index (χ0) is 12.8. The lowest BCUT2D eigenvalue weighted by molar-refractivity contribution is 0.138. The Bertz CT molecular complexity index is 371. The van der Waals surface area contributed by atoms with Crippen molar-refractivity contribution < 1.29 is 9.84 Å². The van der Waals surface area contributed by atoms with E-state index in [9.17, 15) is 5.11 Å². The van der Waals surface area contributed by atoms with E-state index in [-0.39, 0.29) is 6.10 Å². The van der Waals surface area contributed by atoms with Crippen molar-refractivity contribution in [3.8, 4) is 5.75 Å². The Morgan fingerprint density at radius 3 is 3.11 bits per heavy atom. The normalized spacial score (nSPS) is 23.0. The Kier molecular flexibility index (Phi) is 4.81. The molecular formula is C14H22N2O2. The van der Waals surface area contributed by atoms with Crippen LogP contribution in [0.3, 0.4) is 0 Å². The van der Waals surface area contributed by atoms with Crippen LogP contribution in [0.15, 0.2) is 18.3 Å². The van der Waals surface area contributed by atoms with Gasteiger partial charge >= 0.3 is 0 Å². The minimum atomic E-state index is -0.166. The molecule has 1 heterocycles. The van der Waals surface area contributed by atoms with Crippen molar-refractivity contribution in [2.75, 3.05) is 18.5 Å². The first-order chi connectivity index (χ1) is 8.81. The molecule has 0 aromatic carbocycles. The molecule has 0 radical (unpaired) electrons. The van der Waals surface area contributed by atoms with Gasteiger partial charge in [0.05, 0.1) is 12.7 Å². The van der Waals surface area contributed by atoms with Crippen LogP contribution < -0.4 is 10.1 Å². The van der Waals surface area contributed by atoms with E-state index in [0.717, 1.165) is 43.8 Å². The molecular weight excluding hydrogens is 228 g/mol. The van der Waals surface area contributed by atoms with Crippen LogP contribution in [0.25, 0.3) is 0 Å². The summed E-state index contributed by atoms with van der Waals surface area (Å²) in [5, 5.41) is 13.1. The summed E-state index contributed by atoms with van der Waals surface area (Å²) in [5.74, 6) is 1.92. The van der Waals surface area contributed by atoms with Crippen molar-refractivity contribution in [3.05, 3.63) is 18.3 Å². The number of nitrogens with zero attached hydrogens (tertiary/aromatic N) is 1. The molecule has 0 amide bonds. The Morgan fingerprint density at radius 2 is 2.39 bits per heavy atom. The maximum atomic E-state index is 9.79. The fourth-order valence-electron chi connectivity index (χ4n) is 2.33. The summed E-state index contributed by atoms with van der Waals surface area (Å²) in [4.78, 5) is 4.30. The molecule has 2 N–H and O–H groups in total. The Balaban J connectivity index is 1.91. The molecule has 0 aliphatic heterocycles. The van der Waals surface area contributed by atoms with Gasteiger partial charge in [0.15, 0.2) is 11.6 Å². The monoisotopic (exact) mass is 250 g/mol. The lowest BCUT2D eigenvalue weighted by Crippen LogP contribution is -2.22. The number of hydrogen-bond donors (Lipinski definition) is 2. The first kappa shape index (κ1) is 13.1. The summed E-state index contributed by atoms with van der Waals surface area (Å²) < 4.78 is 5.64. The molecule has 2 unspecified atom stereocenters. The van der Waals surface area contributed by atoms with Gasteiger partial charge in [0.1, 0.15) is 0 Å². The van der Waals surface area contributed by atoms with E-state index in [1.807, 2.05) is 12.1 Å². The zero-order valence-corrected chi connectivity index (χ0v) is 10.9. The molecule has 100 valence electrons. The first-order valence-electron chi connectivity index (χ1n) is 6.81. The fourth-order valence-corrected chi connectivity index (χ4v) is 2.33. The van der Waals surface area contributed by atoms with Gasteiger partial charge in [-0.15, -0.1) is 0 Å². The third-order valence-corrected chi connectivity index (χ3v) is 3.38. The van der Waals surface area contributed by atoms with Crippen LogP contribution in [0.5, 0.6) is 5.75 Å². The molecule has 18 heavy (non-hydrogen) atoms. The highest BCUT2D eigenvalue weighted by Gasteiger charge is 2.25. The molecule has 1 aliphatic carbocycles. The minimum absolute atomic E-state index is 0.166. The molecule has 1 aromatic rings. The van der Waals surface area contributed by atoms with E-state index in [0.29, 0.717) is 12.5 Å². The summed E-state index contributed by atoms with van der Waals surface area (Å²) in [6.07, 6.45) is 5.71. The maximum Gasteiger partial charge on any atom is 0.168 e. The summed E-state index contributed by atoms with van der Waals surface area (Å²) in [5.41, 5.74) is 0. The van der Waals surface area contributed by atoms with Gasteiger partial charge in [-0.1, -0.05) is 13.3 Å². The van der Waals surface area contributed by atoms with Crippen molar-refractivity contribution in [1.29, 1.82) is 0 Å². The number of hydrogen-bond acceptors (Lipinski definition) is 4. The highest BCUT2D eigenvalue weighted by atomic mass is 16.5. The third kappa shape index (κ3) is 3.35. The van der Waals surface area contributed by atoms with E-state index in [1.54, 1.807) is 6.20 Å². The average Bonchev–Trinajstić information content (AvgIpc) is 2.80. The lowest BCUT2D eigenvalue weighted by atomic mass is 10.1. The summed E-state index contributed by atoms with van der Waals surface area (Å²) in [6, 6.07) is 3.80. The van der Waals surface area contributed by atoms with Gasteiger partial charge < -0.3 is 15.2 Å². The van der Waals surface area contributed by atoms with Crippen molar-refractivity contribution in [2.45, 2.75) is 38.7 Å². The first-order valence-corrected chi connectivity index (χ1v) is 6.81. The molecule has 1 aromatic heterocycles. The predicted molar refractivity (Wildman–Crippen MR) is 71.9 cm³/mol. The molecule has 2 atom stereocenters. The SMILES string of the molecule is CCCOc1cccnc1NCC1CCCC1O. The van der Waals surface area contributed by atoms with Gasteiger partial charge in [-0.25, -0.2) is 4.98 Å². The van der Waals surface area contributed by atoms with Crippen molar-refractivity contribution >= 4 is 5.82 Å². The van der Waals surface area contributed by atoms with Gasteiger partial charge in [0.25, 0.3) is 0 Å².